The highest BCUT2D eigenvalue weighted by Gasteiger charge is 2.14. The summed E-state index contributed by atoms with van der Waals surface area (Å²) >= 11 is 0. The molecule has 1 aromatic heterocycles. The molecule has 3 aromatic rings. The summed E-state index contributed by atoms with van der Waals surface area (Å²) in [5, 5.41) is 4.44. The molecule has 0 aliphatic carbocycles. The van der Waals surface area contributed by atoms with Crippen molar-refractivity contribution in [1.82, 2.24) is 14.8 Å². The zero-order valence-electron chi connectivity index (χ0n) is 12.7. The largest absolute Gasteiger partial charge is 0.463 e. The maximum atomic E-state index is 5.75. The van der Waals surface area contributed by atoms with Crippen LogP contribution in [0.1, 0.15) is 12.5 Å². The fourth-order valence-corrected chi connectivity index (χ4v) is 2.17. The summed E-state index contributed by atoms with van der Waals surface area (Å²) in [6.45, 7) is 4.49. The van der Waals surface area contributed by atoms with Crippen LogP contribution < -0.4 is 10.5 Å². The molecule has 0 saturated heterocycles. The van der Waals surface area contributed by atoms with Crippen LogP contribution in [0, 0.1) is 6.92 Å². The van der Waals surface area contributed by atoms with Gasteiger partial charge in [0.25, 0.3) is 0 Å². The standard InChI is InChI=1S/C17H18N4O/c1-3-22-17-19-16(13-6-4-12(2)5-7-13)21(20-17)15-10-8-14(18)9-11-15/h4-11H,3,18H2,1-2H3. The quantitative estimate of drug-likeness (QED) is 0.750. The third-order valence-electron chi connectivity index (χ3n) is 3.31. The Labute approximate surface area is 129 Å². The van der Waals surface area contributed by atoms with Crippen LogP contribution in [0.2, 0.25) is 0 Å². The van der Waals surface area contributed by atoms with Crippen LogP contribution in [0.15, 0.2) is 48.5 Å². The topological polar surface area (TPSA) is 66.0 Å². The molecule has 0 radical (unpaired) electrons. The molecular formula is C17H18N4O. The van der Waals surface area contributed by atoms with Crippen molar-refractivity contribution >= 4 is 5.69 Å². The lowest BCUT2D eigenvalue weighted by Gasteiger charge is -2.06. The first-order valence-electron chi connectivity index (χ1n) is 7.20. The van der Waals surface area contributed by atoms with Gasteiger partial charge >= 0.3 is 6.01 Å². The molecule has 2 aromatic carbocycles. The van der Waals surface area contributed by atoms with E-state index in [0.29, 0.717) is 18.3 Å². The van der Waals surface area contributed by atoms with Gasteiger partial charge in [-0.05, 0) is 38.1 Å². The average Bonchev–Trinajstić information content (AvgIpc) is 2.93. The number of aryl methyl sites for hydroxylation is 1. The molecule has 2 N–H and O–H groups in total. The highest BCUT2D eigenvalue weighted by molar-refractivity contribution is 5.59. The van der Waals surface area contributed by atoms with E-state index in [4.69, 9.17) is 10.5 Å². The van der Waals surface area contributed by atoms with Crippen molar-refractivity contribution in [1.29, 1.82) is 0 Å². The molecule has 0 unspecified atom stereocenters. The molecule has 5 heteroatoms. The maximum Gasteiger partial charge on any atom is 0.336 e. The summed E-state index contributed by atoms with van der Waals surface area (Å²) in [6, 6.07) is 16.1. The number of aromatic nitrogens is 3. The van der Waals surface area contributed by atoms with Crippen LogP contribution in [0.5, 0.6) is 6.01 Å². The fraction of sp³-hybridized carbons (Fsp3) is 0.176. The van der Waals surface area contributed by atoms with E-state index >= 15 is 0 Å². The predicted octanol–water partition coefficient (Wildman–Crippen LogP) is 3.22. The molecule has 0 aliphatic heterocycles. The van der Waals surface area contributed by atoms with Gasteiger partial charge in [0.2, 0.25) is 0 Å². The second-order valence-electron chi connectivity index (χ2n) is 5.02. The predicted molar refractivity (Wildman–Crippen MR) is 87.1 cm³/mol. The molecule has 0 spiro atoms. The van der Waals surface area contributed by atoms with Gasteiger partial charge in [-0.1, -0.05) is 29.8 Å². The lowest BCUT2D eigenvalue weighted by Crippen LogP contribution is -2.00. The molecule has 0 saturated carbocycles. The van der Waals surface area contributed by atoms with Crippen LogP contribution in [0.4, 0.5) is 5.69 Å². The van der Waals surface area contributed by atoms with Crippen molar-refractivity contribution in [2.24, 2.45) is 0 Å². The van der Waals surface area contributed by atoms with E-state index in [-0.39, 0.29) is 0 Å². The van der Waals surface area contributed by atoms with E-state index in [1.165, 1.54) is 5.56 Å². The van der Waals surface area contributed by atoms with Crippen molar-refractivity contribution in [3.05, 3.63) is 54.1 Å². The molecule has 22 heavy (non-hydrogen) atoms. The lowest BCUT2D eigenvalue weighted by atomic mass is 10.1. The van der Waals surface area contributed by atoms with E-state index in [2.05, 4.69) is 29.1 Å². The van der Waals surface area contributed by atoms with Gasteiger partial charge < -0.3 is 10.5 Å². The number of ether oxygens (including phenoxy) is 1. The Hall–Kier alpha value is -2.82. The second kappa shape index (κ2) is 5.89. The number of benzene rings is 2. The zero-order valence-corrected chi connectivity index (χ0v) is 12.7. The van der Waals surface area contributed by atoms with Gasteiger partial charge in [0.1, 0.15) is 0 Å². The van der Waals surface area contributed by atoms with Crippen molar-refractivity contribution < 1.29 is 4.74 Å². The molecule has 0 aliphatic rings. The number of nitrogen functional groups attached to an aromatic ring is 1. The first kappa shape index (κ1) is 14.1. The highest BCUT2D eigenvalue weighted by atomic mass is 16.5. The Morgan fingerprint density at radius 2 is 1.73 bits per heavy atom. The third-order valence-corrected chi connectivity index (χ3v) is 3.31. The van der Waals surface area contributed by atoms with E-state index in [1.807, 2.05) is 43.3 Å². The average molecular weight is 294 g/mol. The van der Waals surface area contributed by atoms with Crippen molar-refractivity contribution in [3.8, 4) is 23.1 Å². The smallest absolute Gasteiger partial charge is 0.336 e. The Kier molecular flexibility index (Phi) is 3.78. The molecule has 112 valence electrons. The summed E-state index contributed by atoms with van der Waals surface area (Å²) < 4.78 is 7.22. The Bertz CT molecular complexity index is 697. The van der Waals surface area contributed by atoms with E-state index in [1.54, 1.807) is 4.68 Å². The number of nitrogens with zero attached hydrogens (tertiary/aromatic N) is 3. The number of anilines is 1. The van der Waals surface area contributed by atoms with Crippen LogP contribution in [0.25, 0.3) is 17.1 Å². The van der Waals surface area contributed by atoms with Crippen LogP contribution in [-0.2, 0) is 0 Å². The molecule has 3 rings (SSSR count). The summed E-state index contributed by atoms with van der Waals surface area (Å²) in [6.07, 6.45) is 0. The Morgan fingerprint density at radius 3 is 2.36 bits per heavy atom. The van der Waals surface area contributed by atoms with Gasteiger partial charge in [-0.25, -0.2) is 4.68 Å². The summed E-state index contributed by atoms with van der Waals surface area (Å²) in [4.78, 5) is 4.50. The zero-order chi connectivity index (χ0) is 15.5. The van der Waals surface area contributed by atoms with Gasteiger partial charge in [-0.15, -0.1) is 5.10 Å². The summed E-state index contributed by atoms with van der Waals surface area (Å²) in [7, 11) is 0. The van der Waals surface area contributed by atoms with Gasteiger partial charge in [-0.2, -0.15) is 4.98 Å². The van der Waals surface area contributed by atoms with Crippen LogP contribution in [0.3, 0.4) is 0 Å². The lowest BCUT2D eigenvalue weighted by molar-refractivity contribution is 0.312. The molecule has 5 nitrogen and oxygen atoms in total. The molecule has 0 bridgehead atoms. The second-order valence-corrected chi connectivity index (χ2v) is 5.02. The first-order valence-corrected chi connectivity index (χ1v) is 7.20. The number of hydrogen-bond donors (Lipinski definition) is 1. The molecule has 0 atom stereocenters. The van der Waals surface area contributed by atoms with Crippen molar-refractivity contribution in [2.75, 3.05) is 12.3 Å². The van der Waals surface area contributed by atoms with E-state index < -0.39 is 0 Å². The summed E-state index contributed by atoms with van der Waals surface area (Å²) in [5.41, 5.74) is 9.55. The van der Waals surface area contributed by atoms with Crippen molar-refractivity contribution in [3.63, 3.8) is 0 Å². The maximum absolute atomic E-state index is 5.75. The van der Waals surface area contributed by atoms with E-state index in [9.17, 15) is 0 Å². The first-order chi connectivity index (χ1) is 10.7. The highest BCUT2D eigenvalue weighted by Crippen LogP contribution is 2.24. The monoisotopic (exact) mass is 294 g/mol. The number of nitrogens with two attached hydrogens (primary N) is 1. The van der Waals surface area contributed by atoms with Crippen molar-refractivity contribution in [2.45, 2.75) is 13.8 Å². The minimum Gasteiger partial charge on any atom is -0.463 e. The molecule has 0 amide bonds. The third kappa shape index (κ3) is 2.79. The van der Waals surface area contributed by atoms with E-state index in [0.717, 1.165) is 17.1 Å². The minimum absolute atomic E-state index is 0.370. The molecular weight excluding hydrogens is 276 g/mol. The van der Waals surface area contributed by atoms with Gasteiger partial charge in [0.05, 0.1) is 12.3 Å². The van der Waals surface area contributed by atoms with Gasteiger partial charge in [0, 0.05) is 11.3 Å². The summed E-state index contributed by atoms with van der Waals surface area (Å²) in [5.74, 6) is 0.744. The Balaban J connectivity index is 2.11. The number of rotatable bonds is 4. The molecule has 1 heterocycles. The van der Waals surface area contributed by atoms with Crippen LogP contribution in [-0.4, -0.2) is 21.4 Å². The number of hydrogen-bond acceptors (Lipinski definition) is 4. The van der Waals surface area contributed by atoms with Gasteiger partial charge in [0.15, 0.2) is 5.82 Å². The normalized spacial score (nSPS) is 10.6. The minimum atomic E-state index is 0.370. The fourth-order valence-electron chi connectivity index (χ4n) is 2.17. The molecule has 0 fully saturated rings. The SMILES string of the molecule is CCOc1nc(-c2ccc(C)cc2)n(-c2ccc(N)cc2)n1. The Morgan fingerprint density at radius 1 is 1.05 bits per heavy atom. The van der Waals surface area contributed by atoms with Crippen LogP contribution >= 0.6 is 0 Å². The van der Waals surface area contributed by atoms with Gasteiger partial charge in [-0.3, -0.25) is 0 Å².